The average Bonchev–Trinajstić information content (AvgIpc) is 4.11. The molecule has 11 aromatic carbocycles. The summed E-state index contributed by atoms with van der Waals surface area (Å²) < 4.78 is 11.8. The van der Waals surface area contributed by atoms with Crippen LogP contribution in [0.4, 0.5) is 0 Å². The molecule has 0 radical (unpaired) electrons. The first kappa shape index (κ1) is 38.5. The fraction of sp³-hybridized carbons (Fsp3) is 0. The van der Waals surface area contributed by atoms with Crippen LogP contribution in [0.5, 0.6) is 0 Å². The number of fused-ring (bicyclic) bond motifs is 15. The van der Waals surface area contributed by atoms with Gasteiger partial charge < -0.3 is 4.42 Å². The number of nitrogens with zero attached hydrogens (tertiary/aromatic N) is 3. The molecule has 0 saturated carbocycles. The van der Waals surface area contributed by atoms with Crippen LogP contribution in [0, 0.1) is 0 Å². The second kappa shape index (κ2) is 15.0. The maximum Gasteiger partial charge on any atom is 0.164 e. The van der Waals surface area contributed by atoms with Crippen LogP contribution in [0.3, 0.4) is 0 Å². The Kier molecular flexibility index (Phi) is 8.37. The number of hydrogen-bond acceptors (Lipinski definition) is 6. The van der Waals surface area contributed by atoms with Gasteiger partial charge in [0.05, 0.1) is 0 Å². The molecule has 0 fully saturated rings. The molecule has 4 aromatic heterocycles. The molecule has 0 saturated heterocycles. The molecule has 0 aliphatic rings. The molecule has 4 heterocycles. The van der Waals surface area contributed by atoms with Crippen LogP contribution in [0.2, 0.25) is 0 Å². The highest BCUT2D eigenvalue weighted by Crippen LogP contribution is 2.45. The van der Waals surface area contributed by atoms with E-state index in [4.69, 9.17) is 19.4 Å². The first-order chi connectivity index (χ1) is 34.2. The van der Waals surface area contributed by atoms with Gasteiger partial charge in [-0.3, -0.25) is 0 Å². The topological polar surface area (TPSA) is 51.8 Å². The van der Waals surface area contributed by atoms with E-state index in [9.17, 15) is 0 Å². The maximum absolute atomic E-state index is 6.63. The van der Waals surface area contributed by atoms with Crippen molar-refractivity contribution in [2.45, 2.75) is 0 Å². The predicted molar refractivity (Wildman–Crippen MR) is 293 cm³/mol. The lowest BCUT2D eigenvalue weighted by Gasteiger charge is -2.13. The minimum atomic E-state index is 0.592. The molecule has 0 aliphatic carbocycles. The molecule has 15 rings (SSSR count). The Hall–Kier alpha value is -8.55. The first-order valence-electron chi connectivity index (χ1n) is 23.1. The lowest BCUT2D eigenvalue weighted by atomic mass is 9.93. The highest BCUT2D eigenvalue weighted by atomic mass is 32.1. The van der Waals surface area contributed by atoms with E-state index in [-0.39, 0.29) is 0 Å². The highest BCUT2D eigenvalue weighted by molar-refractivity contribution is 7.26. The fourth-order valence-corrected chi connectivity index (χ4v) is 13.0. The van der Waals surface area contributed by atoms with Gasteiger partial charge in [-0.15, -0.1) is 22.7 Å². The number of thiophene rings is 2. The first-order valence-corrected chi connectivity index (χ1v) is 24.8. The van der Waals surface area contributed by atoms with Crippen molar-refractivity contribution >= 4 is 117 Å². The molecule has 6 heteroatoms. The van der Waals surface area contributed by atoms with Crippen LogP contribution in [0.25, 0.3) is 151 Å². The summed E-state index contributed by atoms with van der Waals surface area (Å²) in [4.78, 5) is 15.7. The van der Waals surface area contributed by atoms with E-state index in [1.807, 2.05) is 53.0 Å². The summed E-state index contributed by atoms with van der Waals surface area (Å²) in [6.07, 6.45) is 0. The average molecular weight is 914 g/mol. The molecule has 0 unspecified atom stereocenters. The van der Waals surface area contributed by atoms with Gasteiger partial charge in [-0.1, -0.05) is 164 Å². The van der Waals surface area contributed by atoms with E-state index >= 15 is 0 Å². The van der Waals surface area contributed by atoms with Gasteiger partial charge in [0.2, 0.25) is 0 Å². The van der Waals surface area contributed by atoms with E-state index in [2.05, 4.69) is 182 Å². The Bertz CT molecular complexity index is 4590. The zero-order valence-corrected chi connectivity index (χ0v) is 38.4. The SMILES string of the molecule is c1ccc(-c2nc(-c3ccc4c5ccccc5c5ccccc5c4c3)nc(-c3cccc4oc5ccc(-c6cccc7sc8cc(-c9ccc%10c(c9)sc9ccccc9%10)ccc8c67)cc5c34)n2)cc1. The van der Waals surface area contributed by atoms with Crippen LogP contribution in [0.1, 0.15) is 0 Å². The zero-order chi connectivity index (χ0) is 45.2. The third-order valence-electron chi connectivity index (χ3n) is 13.9. The zero-order valence-electron chi connectivity index (χ0n) is 36.8. The smallest absolute Gasteiger partial charge is 0.164 e. The van der Waals surface area contributed by atoms with Crippen molar-refractivity contribution in [3.05, 3.63) is 212 Å². The van der Waals surface area contributed by atoms with Crippen molar-refractivity contribution < 1.29 is 4.42 Å². The van der Waals surface area contributed by atoms with E-state index < -0.39 is 0 Å². The van der Waals surface area contributed by atoms with Gasteiger partial charge in [-0.25, -0.2) is 15.0 Å². The van der Waals surface area contributed by atoms with Gasteiger partial charge in [0.15, 0.2) is 17.5 Å². The van der Waals surface area contributed by atoms with Crippen molar-refractivity contribution in [2.24, 2.45) is 0 Å². The monoisotopic (exact) mass is 913 g/mol. The molecule has 0 spiro atoms. The summed E-state index contributed by atoms with van der Waals surface area (Å²) in [7, 11) is 0. The highest BCUT2D eigenvalue weighted by Gasteiger charge is 2.21. The molecule has 0 amide bonds. The molecular formula is C63H35N3OS2. The Morgan fingerprint density at radius 3 is 1.57 bits per heavy atom. The molecule has 15 aromatic rings. The van der Waals surface area contributed by atoms with E-state index in [0.29, 0.717) is 17.5 Å². The van der Waals surface area contributed by atoms with Crippen molar-refractivity contribution in [2.75, 3.05) is 0 Å². The molecule has 0 atom stereocenters. The summed E-state index contributed by atoms with van der Waals surface area (Å²) in [5.74, 6) is 1.82. The minimum absolute atomic E-state index is 0.592. The summed E-state index contributed by atoms with van der Waals surface area (Å²) in [5, 5.41) is 14.4. The Balaban J connectivity index is 0.878. The van der Waals surface area contributed by atoms with Crippen LogP contribution in [-0.4, -0.2) is 15.0 Å². The van der Waals surface area contributed by atoms with E-state index in [1.54, 1.807) is 0 Å². The van der Waals surface area contributed by atoms with Gasteiger partial charge in [0.25, 0.3) is 0 Å². The molecule has 4 nitrogen and oxygen atoms in total. The Morgan fingerprint density at radius 2 is 0.783 bits per heavy atom. The predicted octanol–water partition coefficient (Wildman–Crippen LogP) is 18.3. The van der Waals surface area contributed by atoms with Gasteiger partial charge >= 0.3 is 0 Å². The van der Waals surface area contributed by atoms with Crippen molar-refractivity contribution in [3.63, 3.8) is 0 Å². The van der Waals surface area contributed by atoms with E-state index in [1.165, 1.54) is 89.4 Å². The second-order valence-corrected chi connectivity index (χ2v) is 20.0. The van der Waals surface area contributed by atoms with Crippen LogP contribution >= 0.6 is 22.7 Å². The molecule has 0 aliphatic heterocycles. The number of hydrogen-bond donors (Lipinski definition) is 0. The van der Waals surface area contributed by atoms with Crippen molar-refractivity contribution in [1.82, 2.24) is 15.0 Å². The fourth-order valence-electron chi connectivity index (χ4n) is 10.7. The largest absolute Gasteiger partial charge is 0.456 e. The van der Waals surface area contributed by atoms with Crippen molar-refractivity contribution in [3.8, 4) is 56.4 Å². The standard InChI is InChI=1S/C63H35N3OS2/c1-2-12-36(13-3-1)61-64-62(40-26-28-46-44-16-5-4-14-42(44)43-15-6-7-17-45(43)51(46)33-40)66-63(65-61)50-20-10-21-54-59(50)52-32-39(27-31-53(52)67-54)41-19-11-23-56-60(41)49-30-25-38(35-58(49)69-56)37-24-29-48-47-18-8-9-22-55(47)68-57(48)34-37/h1-35H. The number of aromatic nitrogens is 3. The molecule has 0 bridgehead atoms. The normalized spacial score (nSPS) is 12.1. The van der Waals surface area contributed by atoms with Gasteiger partial charge in [-0.05, 0) is 103 Å². The number of furan rings is 1. The quantitative estimate of drug-likeness (QED) is 0.161. The van der Waals surface area contributed by atoms with Crippen LogP contribution in [0.15, 0.2) is 217 Å². The Morgan fingerprint density at radius 1 is 0.261 bits per heavy atom. The summed E-state index contributed by atoms with van der Waals surface area (Å²) in [5.41, 5.74) is 9.13. The third kappa shape index (κ3) is 6.03. The van der Waals surface area contributed by atoms with Crippen molar-refractivity contribution in [1.29, 1.82) is 0 Å². The van der Waals surface area contributed by atoms with Gasteiger partial charge in [0, 0.05) is 67.8 Å². The van der Waals surface area contributed by atoms with Crippen LogP contribution < -0.4 is 0 Å². The molecular weight excluding hydrogens is 879 g/mol. The summed E-state index contributed by atoms with van der Waals surface area (Å²) in [6, 6.07) is 76.2. The lowest BCUT2D eigenvalue weighted by Crippen LogP contribution is -2.00. The van der Waals surface area contributed by atoms with Gasteiger partial charge in [-0.2, -0.15) is 0 Å². The number of benzene rings is 11. The lowest BCUT2D eigenvalue weighted by molar-refractivity contribution is 0.669. The molecule has 0 N–H and O–H groups in total. The molecule has 320 valence electrons. The second-order valence-electron chi connectivity index (χ2n) is 17.8. The van der Waals surface area contributed by atoms with Gasteiger partial charge in [0.1, 0.15) is 11.2 Å². The minimum Gasteiger partial charge on any atom is -0.456 e. The maximum atomic E-state index is 6.63. The number of rotatable bonds is 5. The molecule has 69 heavy (non-hydrogen) atoms. The third-order valence-corrected chi connectivity index (χ3v) is 16.2. The van der Waals surface area contributed by atoms with Crippen LogP contribution in [-0.2, 0) is 0 Å². The Labute approximate surface area is 403 Å². The van der Waals surface area contributed by atoms with E-state index in [0.717, 1.165) is 44.2 Å². The summed E-state index contributed by atoms with van der Waals surface area (Å²) >= 11 is 3.72. The summed E-state index contributed by atoms with van der Waals surface area (Å²) in [6.45, 7) is 0.